The molecule has 3 aromatic rings. The van der Waals surface area contributed by atoms with Crippen molar-refractivity contribution in [1.29, 1.82) is 0 Å². The number of carbonyl (C=O) groups excluding carboxylic acids is 2. The topological polar surface area (TPSA) is 76.7 Å². The van der Waals surface area contributed by atoms with Gasteiger partial charge in [-0.05, 0) is 37.3 Å². The minimum atomic E-state index is -0.809. The van der Waals surface area contributed by atoms with Gasteiger partial charge in [0.25, 0.3) is 11.8 Å². The summed E-state index contributed by atoms with van der Waals surface area (Å²) >= 11 is 7.52. The summed E-state index contributed by atoms with van der Waals surface area (Å²) < 4.78 is 11.5. The average Bonchev–Trinajstić information content (AvgIpc) is 3.03. The largest absolute Gasteiger partial charge is 0.497 e. The van der Waals surface area contributed by atoms with Crippen LogP contribution >= 0.6 is 22.9 Å². The second kappa shape index (κ2) is 8.28. The number of rotatable bonds is 5. The molecule has 0 aliphatic carbocycles. The first kappa shape index (κ1) is 19.0. The molecule has 1 aromatic heterocycles. The Bertz CT molecular complexity index is 972. The van der Waals surface area contributed by atoms with Crippen LogP contribution in [0.3, 0.4) is 0 Å². The molecule has 2 aromatic carbocycles. The Balaban J connectivity index is 1.58. The monoisotopic (exact) mass is 404 g/mol. The fourth-order valence-corrected chi connectivity index (χ4v) is 3.76. The Hall–Kier alpha value is -2.77. The number of nitrogens with one attached hydrogen (secondary N) is 2. The summed E-state index contributed by atoms with van der Waals surface area (Å²) in [5, 5.41) is 1.17. The summed E-state index contributed by atoms with van der Waals surface area (Å²) in [5.41, 5.74) is 4.73. The number of hydrogen-bond acceptors (Lipinski definition) is 5. The number of carbonyl (C=O) groups is 2. The van der Waals surface area contributed by atoms with Crippen LogP contribution < -0.4 is 20.3 Å². The van der Waals surface area contributed by atoms with Gasteiger partial charge in [0.05, 0.1) is 12.1 Å². The van der Waals surface area contributed by atoms with Crippen LogP contribution in [0.4, 0.5) is 0 Å². The second-order valence-corrected chi connectivity index (χ2v) is 7.05. The Morgan fingerprint density at radius 1 is 1.04 bits per heavy atom. The highest BCUT2D eigenvalue weighted by Crippen LogP contribution is 2.34. The molecule has 6 nitrogen and oxygen atoms in total. The van der Waals surface area contributed by atoms with Crippen LogP contribution in [0.15, 0.2) is 48.5 Å². The van der Waals surface area contributed by atoms with Crippen molar-refractivity contribution in [3.63, 3.8) is 0 Å². The Morgan fingerprint density at radius 3 is 2.37 bits per heavy atom. The fourth-order valence-electron chi connectivity index (χ4n) is 2.35. The van der Waals surface area contributed by atoms with Crippen molar-refractivity contribution >= 4 is 44.8 Å². The molecular weight excluding hydrogens is 388 g/mol. The van der Waals surface area contributed by atoms with Gasteiger partial charge in [-0.25, -0.2) is 0 Å². The van der Waals surface area contributed by atoms with Gasteiger partial charge in [0.2, 0.25) is 0 Å². The maximum Gasteiger partial charge on any atom is 0.281 e. The standard InChI is InChI=1S/C19H17ClN2O4S/c1-11(26-13-9-7-12(25-2)8-10-13)18(23)21-22-19(24)17-16(20)14-5-3-4-6-15(14)27-17/h3-11H,1-2H3,(H,21,23)(H,22,24). The smallest absolute Gasteiger partial charge is 0.281 e. The quantitative estimate of drug-likeness (QED) is 0.634. The summed E-state index contributed by atoms with van der Waals surface area (Å²) in [6.45, 7) is 1.58. The van der Waals surface area contributed by atoms with E-state index in [1.54, 1.807) is 38.3 Å². The van der Waals surface area contributed by atoms with Gasteiger partial charge in [-0.1, -0.05) is 29.8 Å². The summed E-state index contributed by atoms with van der Waals surface area (Å²) in [4.78, 5) is 24.8. The van der Waals surface area contributed by atoms with E-state index in [0.717, 1.165) is 10.1 Å². The molecule has 0 fully saturated rings. The number of hydrazine groups is 1. The summed E-state index contributed by atoms with van der Waals surface area (Å²) in [7, 11) is 1.57. The van der Waals surface area contributed by atoms with E-state index >= 15 is 0 Å². The first-order chi connectivity index (χ1) is 13.0. The highest BCUT2D eigenvalue weighted by molar-refractivity contribution is 7.21. The summed E-state index contributed by atoms with van der Waals surface area (Å²) in [6.07, 6.45) is -0.809. The van der Waals surface area contributed by atoms with E-state index in [0.29, 0.717) is 21.4 Å². The number of thiophene rings is 1. The van der Waals surface area contributed by atoms with Gasteiger partial charge in [0.15, 0.2) is 6.10 Å². The van der Waals surface area contributed by atoms with E-state index in [2.05, 4.69) is 10.9 Å². The maximum absolute atomic E-state index is 12.3. The molecule has 0 saturated heterocycles. The number of benzene rings is 2. The van der Waals surface area contributed by atoms with Crippen molar-refractivity contribution in [1.82, 2.24) is 10.9 Å². The van der Waals surface area contributed by atoms with Gasteiger partial charge < -0.3 is 9.47 Å². The van der Waals surface area contributed by atoms with Crippen molar-refractivity contribution in [2.75, 3.05) is 7.11 Å². The normalized spacial score (nSPS) is 11.7. The zero-order chi connectivity index (χ0) is 19.4. The minimum Gasteiger partial charge on any atom is -0.497 e. The van der Waals surface area contributed by atoms with Crippen molar-refractivity contribution in [3.8, 4) is 11.5 Å². The molecule has 0 aliphatic rings. The second-order valence-electron chi connectivity index (χ2n) is 5.62. The van der Waals surface area contributed by atoms with Crippen LogP contribution in [0.5, 0.6) is 11.5 Å². The highest BCUT2D eigenvalue weighted by atomic mass is 35.5. The fraction of sp³-hybridized carbons (Fsp3) is 0.158. The van der Waals surface area contributed by atoms with Crippen molar-refractivity contribution < 1.29 is 19.1 Å². The van der Waals surface area contributed by atoms with Crippen molar-refractivity contribution in [2.45, 2.75) is 13.0 Å². The van der Waals surface area contributed by atoms with Crippen LogP contribution in [0.2, 0.25) is 5.02 Å². The third-order valence-electron chi connectivity index (χ3n) is 3.78. The van der Waals surface area contributed by atoms with E-state index in [4.69, 9.17) is 21.1 Å². The average molecular weight is 405 g/mol. The predicted octanol–water partition coefficient (Wildman–Crippen LogP) is 3.79. The third kappa shape index (κ3) is 4.32. The molecule has 0 aliphatic heterocycles. The van der Waals surface area contributed by atoms with Crippen molar-refractivity contribution in [3.05, 3.63) is 58.4 Å². The lowest BCUT2D eigenvalue weighted by Gasteiger charge is -2.15. The zero-order valence-electron chi connectivity index (χ0n) is 14.6. The first-order valence-corrected chi connectivity index (χ1v) is 9.27. The first-order valence-electron chi connectivity index (χ1n) is 8.07. The Morgan fingerprint density at radius 2 is 1.70 bits per heavy atom. The SMILES string of the molecule is COc1ccc(OC(C)C(=O)NNC(=O)c2sc3ccccc3c2Cl)cc1. The zero-order valence-corrected chi connectivity index (χ0v) is 16.2. The van der Waals surface area contributed by atoms with Gasteiger partial charge in [0, 0.05) is 10.1 Å². The lowest BCUT2D eigenvalue weighted by Crippen LogP contribution is -2.47. The van der Waals surface area contributed by atoms with E-state index in [1.165, 1.54) is 11.3 Å². The van der Waals surface area contributed by atoms with Gasteiger partial charge in [-0.3, -0.25) is 20.4 Å². The molecule has 1 heterocycles. The number of fused-ring (bicyclic) bond motifs is 1. The number of amides is 2. The molecule has 8 heteroatoms. The van der Waals surface area contributed by atoms with Gasteiger partial charge in [-0.2, -0.15) is 0 Å². The molecule has 27 heavy (non-hydrogen) atoms. The molecule has 0 radical (unpaired) electrons. The van der Waals surface area contributed by atoms with Crippen LogP contribution in [-0.2, 0) is 4.79 Å². The predicted molar refractivity (Wildman–Crippen MR) is 106 cm³/mol. The highest BCUT2D eigenvalue weighted by Gasteiger charge is 2.19. The summed E-state index contributed by atoms with van der Waals surface area (Å²) in [5.74, 6) is 0.229. The van der Waals surface area contributed by atoms with Crippen LogP contribution in [-0.4, -0.2) is 25.0 Å². The lowest BCUT2D eigenvalue weighted by molar-refractivity contribution is -0.128. The van der Waals surface area contributed by atoms with E-state index in [9.17, 15) is 9.59 Å². The molecular formula is C19H17ClN2O4S. The minimum absolute atomic E-state index is 0.335. The Kier molecular flexibility index (Phi) is 5.83. The summed E-state index contributed by atoms with van der Waals surface area (Å²) in [6, 6.07) is 14.3. The van der Waals surface area contributed by atoms with E-state index < -0.39 is 17.9 Å². The molecule has 2 amide bonds. The van der Waals surface area contributed by atoms with Crippen LogP contribution in [0.1, 0.15) is 16.6 Å². The Labute approximate surface area is 165 Å². The molecule has 0 bridgehead atoms. The van der Waals surface area contributed by atoms with Crippen LogP contribution in [0.25, 0.3) is 10.1 Å². The van der Waals surface area contributed by atoms with Gasteiger partial charge in [0.1, 0.15) is 16.4 Å². The molecule has 2 N–H and O–H groups in total. The molecule has 1 atom stereocenters. The number of hydrogen-bond donors (Lipinski definition) is 2. The van der Waals surface area contributed by atoms with Crippen LogP contribution in [0, 0.1) is 0 Å². The number of halogens is 1. The molecule has 0 saturated carbocycles. The van der Waals surface area contributed by atoms with Crippen molar-refractivity contribution in [2.24, 2.45) is 0 Å². The maximum atomic E-state index is 12.3. The number of ether oxygens (including phenoxy) is 2. The molecule has 1 unspecified atom stereocenters. The third-order valence-corrected chi connectivity index (χ3v) is 5.46. The van der Waals surface area contributed by atoms with E-state index in [1.807, 2.05) is 24.3 Å². The van der Waals surface area contributed by atoms with Gasteiger partial charge >= 0.3 is 0 Å². The number of methoxy groups -OCH3 is 1. The van der Waals surface area contributed by atoms with E-state index in [-0.39, 0.29) is 0 Å². The van der Waals surface area contributed by atoms with Gasteiger partial charge in [-0.15, -0.1) is 11.3 Å². The lowest BCUT2D eigenvalue weighted by atomic mass is 10.2. The molecule has 3 rings (SSSR count). The molecule has 0 spiro atoms. The molecule has 140 valence electrons.